The van der Waals surface area contributed by atoms with Crippen molar-refractivity contribution in [3.05, 3.63) is 35.9 Å². The summed E-state index contributed by atoms with van der Waals surface area (Å²) in [6.45, 7) is 4.12. The fourth-order valence-corrected chi connectivity index (χ4v) is 3.03. The number of piperazine rings is 1. The summed E-state index contributed by atoms with van der Waals surface area (Å²) < 4.78 is 5.97. The second-order valence-corrected chi connectivity index (χ2v) is 5.19. The number of nitrogens with one attached hydrogen (secondary N) is 1. The van der Waals surface area contributed by atoms with Crippen molar-refractivity contribution in [3.8, 4) is 0 Å². The Hall–Kier alpha value is -0.900. The number of hydrogen-bond donors (Lipinski definition) is 1. The molecular weight excluding hydrogens is 224 g/mol. The van der Waals surface area contributed by atoms with Gasteiger partial charge in [0.25, 0.3) is 0 Å². The van der Waals surface area contributed by atoms with Crippen LogP contribution in [0.15, 0.2) is 30.3 Å². The molecule has 2 aliphatic rings. The highest BCUT2D eigenvalue weighted by atomic mass is 16.5. The monoisotopic (exact) mass is 246 g/mol. The third-order valence-electron chi connectivity index (χ3n) is 3.99. The van der Waals surface area contributed by atoms with Gasteiger partial charge in [0.15, 0.2) is 0 Å². The first-order chi connectivity index (χ1) is 8.95. The van der Waals surface area contributed by atoms with Crippen LogP contribution in [-0.2, 0) is 4.74 Å². The van der Waals surface area contributed by atoms with Crippen molar-refractivity contribution in [3.63, 3.8) is 0 Å². The Bertz CT molecular complexity index is 362. The first kappa shape index (κ1) is 12.2. The standard InChI is InChI=1S/C15H22N2O/c1-2-6-13(7-3-1)14-12-16-9-10-17(14)15-8-4-5-11-18-15/h1-3,6-7,14-16H,4-5,8-12H2. The minimum Gasteiger partial charge on any atom is -0.363 e. The van der Waals surface area contributed by atoms with Crippen molar-refractivity contribution < 1.29 is 4.74 Å². The Balaban J connectivity index is 1.77. The number of ether oxygens (including phenoxy) is 1. The summed E-state index contributed by atoms with van der Waals surface area (Å²) in [7, 11) is 0. The van der Waals surface area contributed by atoms with Gasteiger partial charge in [0.1, 0.15) is 6.23 Å². The summed E-state index contributed by atoms with van der Waals surface area (Å²) in [6.07, 6.45) is 4.03. The molecule has 3 heteroatoms. The van der Waals surface area contributed by atoms with E-state index in [2.05, 4.69) is 40.5 Å². The average molecular weight is 246 g/mol. The highest BCUT2D eigenvalue weighted by Gasteiger charge is 2.31. The van der Waals surface area contributed by atoms with Gasteiger partial charge in [-0.15, -0.1) is 0 Å². The Labute approximate surface area is 109 Å². The molecule has 0 bridgehead atoms. The van der Waals surface area contributed by atoms with E-state index in [1.165, 1.54) is 24.8 Å². The lowest BCUT2D eigenvalue weighted by molar-refractivity contribution is -0.109. The van der Waals surface area contributed by atoms with E-state index in [4.69, 9.17) is 4.74 Å². The van der Waals surface area contributed by atoms with Crippen molar-refractivity contribution >= 4 is 0 Å². The number of rotatable bonds is 2. The van der Waals surface area contributed by atoms with Gasteiger partial charge in [0.2, 0.25) is 0 Å². The van der Waals surface area contributed by atoms with Crippen molar-refractivity contribution in [1.82, 2.24) is 10.2 Å². The molecule has 2 atom stereocenters. The molecule has 0 radical (unpaired) electrons. The average Bonchev–Trinajstić information content (AvgIpc) is 2.49. The maximum absolute atomic E-state index is 5.97. The zero-order valence-electron chi connectivity index (χ0n) is 10.8. The summed E-state index contributed by atoms with van der Waals surface area (Å²) in [5, 5.41) is 3.51. The molecule has 3 rings (SSSR count). The van der Waals surface area contributed by atoms with Gasteiger partial charge in [-0.3, -0.25) is 4.90 Å². The molecule has 1 aromatic rings. The number of hydrogen-bond acceptors (Lipinski definition) is 3. The second kappa shape index (κ2) is 5.83. The Morgan fingerprint density at radius 1 is 1.17 bits per heavy atom. The zero-order chi connectivity index (χ0) is 12.2. The minimum atomic E-state index is 0.325. The van der Waals surface area contributed by atoms with E-state index in [9.17, 15) is 0 Å². The second-order valence-electron chi connectivity index (χ2n) is 5.19. The summed E-state index contributed by atoms with van der Waals surface area (Å²) in [5.74, 6) is 0. The molecule has 0 aliphatic carbocycles. The molecule has 2 saturated heterocycles. The van der Waals surface area contributed by atoms with Crippen LogP contribution in [0.5, 0.6) is 0 Å². The molecule has 0 amide bonds. The van der Waals surface area contributed by atoms with Crippen LogP contribution in [0.2, 0.25) is 0 Å². The fourth-order valence-electron chi connectivity index (χ4n) is 3.03. The van der Waals surface area contributed by atoms with Crippen LogP contribution < -0.4 is 5.32 Å². The van der Waals surface area contributed by atoms with Gasteiger partial charge in [0, 0.05) is 32.3 Å². The molecule has 0 saturated carbocycles. The molecule has 2 fully saturated rings. The van der Waals surface area contributed by atoms with E-state index in [-0.39, 0.29) is 0 Å². The van der Waals surface area contributed by atoms with Crippen molar-refractivity contribution in [2.45, 2.75) is 31.5 Å². The number of benzene rings is 1. The van der Waals surface area contributed by atoms with Gasteiger partial charge < -0.3 is 10.1 Å². The predicted octanol–water partition coefficient (Wildman–Crippen LogP) is 2.16. The van der Waals surface area contributed by atoms with Gasteiger partial charge >= 0.3 is 0 Å². The molecular formula is C15H22N2O. The van der Waals surface area contributed by atoms with Gasteiger partial charge in [-0.1, -0.05) is 30.3 Å². The summed E-state index contributed by atoms with van der Waals surface area (Å²) in [4.78, 5) is 2.55. The highest BCUT2D eigenvalue weighted by Crippen LogP contribution is 2.28. The lowest BCUT2D eigenvalue weighted by Gasteiger charge is -2.42. The SMILES string of the molecule is c1ccc(C2CNCCN2C2CCCCO2)cc1. The van der Waals surface area contributed by atoms with Gasteiger partial charge in [0.05, 0.1) is 0 Å². The lowest BCUT2D eigenvalue weighted by Crippen LogP contribution is -2.52. The van der Waals surface area contributed by atoms with Crippen LogP contribution in [0.1, 0.15) is 30.9 Å². The van der Waals surface area contributed by atoms with E-state index in [1.807, 2.05) is 0 Å². The highest BCUT2D eigenvalue weighted by molar-refractivity contribution is 5.20. The Morgan fingerprint density at radius 3 is 2.83 bits per heavy atom. The normalized spacial score (nSPS) is 30.2. The quantitative estimate of drug-likeness (QED) is 0.865. The van der Waals surface area contributed by atoms with Crippen molar-refractivity contribution in [2.24, 2.45) is 0 Å². The van der Waals surface area contributed by atoms with Crippen molar-refractivity contribution in [1.29, 1.82) is 0 Å². The predicted molar refractivity (Wildman–Crippen MR) is 72.3 cm³/mol. The molecule has 2 unspecified atom stereocenters. The Kier molecular flexibility index (Phi) is 3.93. The van der Waals surface area contributed by atoms with E-state index in [1.54, 1.807) is 0 Å². The zero-order valence-corrected chi connectivity index (χ0v) is 10.8. The smallest absolute Gasteiger partial charge is 0.111 e. The van der Waals surface area contributed by atoms with Crippen LogP contribution >= 0.6 is 0 Å². The van der Waals surface area contributed by atoms with E-state index < -0.39 is 0 Å². The van der Waals surface area contributed by atoms with E-state index in [0.29, 0.717) is 12.3 Å². The molecule has 18 heavy (non-hydrogen) atoms. The van der Waals surface area contributed by atoms with Crippen LogP contribution in [0.25, 0.3) is 0 Å². The topological polar surface area (TPSA) is 24.5 Å². The molecule has 2 heterocycles. The summed E-state index contributed by atoms with van der Waals surface area (Å²) in [6, 6.07) is 11.3. The van der Waals surface area contributed by atoms with Crippen LogP contribution in [0.4, 0.5) is 0 Å². The molecule has 0 spiro atoms. The third-order valence-corrected chi connectivity index (χ3v) is 3.99. The van der Waals surface area contributed by atoms with E-state index in [0.717, 1.165) is 26.2 Å². The lowest BCUT2D eigenvalue weighted by atomic mass is 10.0. The summed E-state index contributed by atoms with van der Waals surface area (Å²) >= 11 is 0. The molecule has 1 N–H and O–H groups in total. The van der Waals surface area contributed by atoms with Gasteiger partial charge in [-0.05, 0) is 24.8 Å². The molecule has 0 aromatic heterocycles. The number of nitrogens with zero attached hydrogens (tertiary/aromatic N) is 1. The first-order valence-electron chi connectivity index (χ1n) is 7.08. The molecule has 3 nitrogen and oxygen atoms in total. The van der Waals surface area contributed by atoms with Crippen LogP contribution in [0.3, 0.4) is 0 Å². The molecule has 2 aliphatic heterocycles. The maximum atomic E-state index is 5.97. The largest absolute Gasteiger partial charge is 0.363 e. The fraction of sp³-hybridized carbons (Fsp3) is 0.600. The molecule has 98 valence electrons. The maximum Gasteiger partial charge on any atom is 0.111 e. The van der Waals surface area contributed by atoms with Crippen LogP contribution in [-0.4, -0.2) is 37.4 Å². The van der Waals surface area contributed by atoms with Gasteiger partial charge in [-0.25, -0.2) is 0 Å². The van der Waals surface area contributed by atoms with Crippen LogP contribution in [0, 0.1) is 0 Å². The molecule has 1 aromatic carbocycles. The van der Waals surface area contributed by atoms with E-state index >= 15 is 0 Å². The van der Waals surface area contributed by atoms with Crippen molar-refractivity contribution in [2.75, 3.05) is 26.2 Å². The minimum absolute atomic E-state index is 0.325. The Morgan fingerprint density at radius 2 is 2.06 bits per heavy atom. The van der Waals surface area contributed by atoms with Gasteiger partial charge in [-0.2, -0.15) is 0 Å². The first-order valence-corrected chi connectivity index (χ1v) is 7.08. The summed E-state index contributed by atoms with van der Waals surface area (Å²) in [5.41, 5.74) is 1.40. The third kappa shape index (κ3) is 2.58.